The van der Waals surface area contributed by atoms with Crippen LogP contribution in [0.25, 0.3) is 11.0 Å². The molecule has 4 rings (SSSR count). The molecule has 0 aliphatic carbocycles. The number of hydrogen-bond acceptors (Lipinski definition) is 6. The first-order valence-electron chi connectivity index (χ1n) is 10.9. The number of alkyl carbamates (subject to hydrolysis) is 1. The van der Waals surface area contributed by atoms with Gasteiger partial charge in [-0.2, -0.15) is 0 Å². The summed E-state index contributed by atoms with van der Waals surface area (Å²) in [7, 11) is 0. The zero-order valence-electron chi connectivity index (χ0n) is 19.2. The van der Waals surface area contributed by atoms with Gasteiger partial charge in [0.1, 0.15) is 0 Å². The second-order valence-electron chi connectivity index (χ2n) is 9.09. The number of ether oxygens (including phenoxy) is 1. The third kappa shape index (κ3) is 5.72. The molecule has 2 aromatic heterocycles. The van der Waals surface area contributed by atoms with Crippen molar-refractivity contribution in [2.75, 3.05) is 18.0 Å². The molecule has 3 N–H and O–H groups in total. The summed E-state index contributed by atoms with van der Waals surface area (Å²) in [4.78, 5) is 40.1. The Morgan fingerprint density at radius 2 is 1.85 bits per heavy atom. The van der Waals surface area contributed by atoms with Gasteiger partial charge in [-0.15, -0.1) is 0 Å². The van der Waals surface area contributed by atoms with Crippen LogP contribution in [0.2, 0.25) is 5.02 Å². The predicted molar refractivity (Wildman–Crippen MR) is 126 cm³/mol. The number of anilines is 1. The quantitative estimate of drug-likeness (QED) is 0.291. The summed E-state index contributed by atoms with van der Waals surface area (Å²) < 4.78 is 9.59. The Kier molecular flexibility index (Phi) is 7.17. The number of aromatic amines is 1. The van der Waals surface area contributed by atoms with Crippen LogP contribution in [0.15, 0.2) is 42.9 Å². The van der Waals surface area contributed by atoms with E-state index in [0.29, 0.717) is 31.0 Å². The second-order valence-corrected chi connectivity index (χ2v) is 11.8. The number of amides is 2. The van der Waals surface area contributed by atoms with Crippen molar-refractivity contribution in [1.82, 2.24) is 23.8 Å². The van der Waals surface area contributed by atoms with E-state index in [0.717, 1.165) is 20.4 Å². The van der Waals surface area contributed by atoms with Gasteiger partial charge in [-0.1, -0.05) is 0 Å². The van der Waals surface area contributed by atoms with Crippen molar-refractivity contribution in [1.29, 1.82) is 0 Å². The Balaban J connectivity index is 1.51. The molecule has 182 valence electrons. The van der Waals surface area contributed by atoms with E-state index in [2.05, 4.69) is 28.7 Å². The third-order valence-corrected chi connectivity index (χ3v) is 7.82. The van der Waals surface area contributed by atoms with Gasteiger partial charge >= 0.3 is 214 Å². The molecule has 0 atom stereocenters. The molecule has 0 radical (unpaired) electrons. The average Bonchev–Trinajstić information content (AvgIpc) is 3.27. The van der Waals surface area contributed by atoms with E-state index in [-0.39, 0.29) is 5.91 Å². The summed E-state index contributed by atoms with van der Waals surface area (Å²) in [5.41, 5.74) is -0.978. The molecule has 34 heavy (non-hydrogen) atoms. The maximum atomic E-state index is 13.4. The Morgan fingerprint density at radius 1 is 1.15 bits per heavy atom. The number of rotatable bonds is 5. The Morgan fingerprint density at radius 3 is 2.53 bits per heavy atom. The summed E-state index contributed by atoms with van der Waals surface area (Å²) >= 11 is 5.17. The van der Waals surface area contributed by atoms with Crippen LogP contribution < -0.4 is 35.2 Å². The average molecular weight is 598 g/mol. The summed E-state index contributed by atoms with van der Waals surface area (Å²) in [6, 6.07) is 9.36. The minimum atomic E-state index is -1.07. The number of halogens is 2. The topological polar surface area (TPSA) is 112 Å². The molecular weight excluding hydrogens is 571 g/mol. The monoisotopic (exact) mass is 597 g/mol. The fourth-order valence-electron chi connectivity index (χ4n) is 3.80. The summed E-state index contributed by atoms with van der Waals surface area (Å²) in [6.07, 6.45) is 3.58. The molecule has 2 amide bonds. The van der Waals surface area contributed by atoms with Crippen LogP contribution >= 0.6 is 11.6 Å². The van der Waals surface area contributed by atoms with Crippen molar-refractivity contribution in [3.8, 4) is 0 Å². The number of aromatic nitrogens is 3. The standard InChI is InChI=1S/C23H27ClIN6O3/c1-22(2,3)34-21(33)29-23(20(32)30-25-16-6-4-15(24)5-7-16)9-12-31(13-10-23)19-17-8-11-26-18(17)27-14-28-19/h4-8,11,14H,9-10,12-13H2,1-3H3,(H,29,33)(H,30,32)(H,26,27,28)/q-1. The molecule has 3 heterocycles. The fraction of sp³-hybridized carbons (Fsp3) is 0.391. The number of nitrogens with one attached hydrogen (secondary N) is 3. The predicted octanol–water partition coefficient (Wildman–Crippen LogP) is 0.465. The van der Waals surface area contributed by atoms with Gasteiger partial charge in [-0.05, 0) is 0 Å². The van der Waals surface area contributed by atoms with Crippen LogP contribution in [-0.4, -0.2) is 51.2 Å². The second kappa shape index (κ2) is 9.95. The van der Waals surface area contributed by atoms with Gasteiger partial charge in [-0.3, -0.25) is 0 Å². The number of carbonyl (C=O) groups is 2. The molecule has 1 aromatic carbocycles. The minimum absolute atomic E-state index is 0.199. The first kappa shape index (κ1) is 24.5. The van der Waals surface area contributed by atoms with Gasteiger partial charge < -0.3 is 0 Å². The number of hydrogen-bond donors (Lipinski definition) is 3. The van der Waals surface area contributed by atoms with Gasteiger partial charge in [-0.25, -0.2) is 0 Å². The van der Waals surface area contributed by atoms with Gasteiger partial charge in [0.15, 0.2) is 0 Å². The van der Waals surface area contributed by atoms with Crippen molar-refractivity contribution in [3.05, 3.63) is 51.4 Å². The molecule has 0 spiro atoms. The molecule has 1 aliphatic rings. The van der Waals surface area contributed by atoms with Gasteiger partial charge in [0.2, 0.25) is 0 Å². The number of fused-ring (bicyclic) bond motifs is 1. The number of H-pyrrole nitrogens is 1. The van der Waals surface area contributed by atoms with Crippen LogP contribution in [0, 0.1) is 3.57 Å². The van der Waals surface area contributed by atoms with Crippen molar-refractivity contribution in [3.63, 3.8) is 0 Å². The van der Waals surface area contributed by atoms with Crippen molar-refractivity contribution >= 4 is 40.5 Å². The molecule has 0 bridgehead atoms. The normalized spacial score (nSPS) is 15.8. The van der Waals surface area contributed by atoms with Crippen LogP contribution in [0.4, 0.5) is 10.6 Å². The maximum absolute atomic E-state index is 13.4. The molecule has 3 aromatic rings. The summed E-state index contributed by atoms with van der Waals surface area (Å²) in [5, 5.41) is 4.47. The number of benzene rings is 1. The molecule has 1 aliphatic heterocycles. The van der Waals surface area contributed by atoms with Gasteiger partial charge in [0, 0.05) is 0 Å². The number of nitrogens with zero attached hydrogens (tertiary/aromatic N) is 3. The Bertz CT molecular complexity index is 1170. The van der Waals surface area contributed by atoms with Crippen molar-refractivity contribution in [2.24, 2.45) is 0 Å². The van der Waals surface area contributed by atoms with E-state index in [9.17, 15) is 9.59 Å². The van der Waals surface area contributed by atoms with Crippen LogP contribution in [0.1, 0.15) is 33.6 Å². The van der Waals surface area contributed by atoms with Crippen LogP contribution in [-0.2, 0) is 9.53 Å². The fourth-order valence-corrected chi connectivity index (χ4v) is 5.72. The SMILES string of the molecule is CC(C)(C)OC(=O)NC1(C(=O)N[I-]c2ccc(Cl)cc2)CCN(c2ncnc3[nH]ccc23)CC1. The van der Waals surface area contributed by atoms with E-state index in [1.807, 2.05) is 24.4 Å². The molecule has 11 heteroatoms. The van der Waals surface area contributed by atoms with Gasteiger partial charge in [0.05, 0.1) is 0 Å². The van der Waals surface area contributed by atoms with Gasteiger partial charge in [0.25, 0.3) is 0 Å². The molecule has 1 fully saturated rings. The van der Waals surface area contributed by atoms with E-state index in [1.54, 1.807) is 32.9 Å². The molecule has 0 saturated carbocycles. The molecule has 1 saturated heterocycles. The number of carbonyl (C=O) groups excluding carboxylic acids is 2. The van der Waals surface area contributed by atoms with E-state index in [4.69, 9.17) is 16.3 Å². The van der Waals surface area contributed by atoms with Crippen molar-refractivity contribution in [2.45, 2.75) is 44.8 Å². The zero-order chi connectivity index (χ0) is 24.3. The van der Waals surface area contributed by atoms with Crippen LogP contribution in [0.5, 0.6) is 0 Å². The van der Waals surface area contributed by atoms with Crippen molar-refractivity contribution < 1.29 is 35.8 Å². The Hall–Kier alpha value is -2.60. The molecule has 0 unspecified atom stereocenters. The first-order chi connectivity index (χ1) is 16.2. The first-order valence-corrected chi connectivity index (χ1v) is 13.4. The van der Waals surface area contributed by atoms with E-state index in [1.165, 1.54) is 6.33 Å². The molecular formula is C23H27ClIN6O3-. The molecule has 9 nitrogen and oxygen atoms in total. The summed E-state index contributed by atoms with van der Waals surface area (Å²) in [5.74, 6) is 0.612. The third-order valence-electron chi connectivity index (χ3n) is 5.47. The Labute approximate surface area is 213 Å². The van der Waals surface area contributed by atoms with Crippen LogP contribution in [0.3, 0.4) is 0 Å². The summed E-state index contributed by atoms with van der Waals surface area (Å²) in [6.45, 7) is 6.47. The zero-order valence-corrected chi connectivity index (χ0v) is 22.1. The van der Waals surface area contributed by atoms with E-state index < -0.39 is 38.7 Å². The number of piperidine rings is 1. The van der Waals surface area contributed by atoms with E-state index >= 15 is 0 Å².